The number of carbonyl (C=O) groups excluding carboxylic acids is 1. The standard InChI is InChI=1S/C20H31N3O.2ClH/c1-20(10-5-11-21-16-20)19(24)22-14-17-6-8-18(9-7-17)15-23-12-3-2-4-13-23;;/h6-9,21H,2-5,10-16H2,1H3,(H,22,24);2*1H. The van der Waals surface area contributed by atoms with Crippen LogP contribution in [0.25, 0.3) is 0 Å². The molecule has 2 fully saturated rings. The summed E-state index contributed by atoms with van der Waals surface area (Å²) in [7, 11) is 0. The molecule has 148 valence electrons. The van der Waals surface area contributed by atoms with Crippen LogP contribution < -0.4 is 10.6 Å². The van der Waals surface area contributed by atoms with Gasteiger partial charge >= 0.3 is 0 Å². The maximum absolute atomic E-state index is 12.5. The first-order valence-corrected chi connectivity index (χ1v) is 9.45. The fraction of sp³-hybridized carbons (Fsp3) is 0.650. The van der Waals surface area contributed by atoms with Gasteiger partial charge in [-0.25, -0.2) is 0 Å². The van der Waals surface area contributed by atoms with E-state index in [9.17, 15) is 4.79 Å². The normalized spacial score (nSPS) is 23.4. The maximum atomic E-state index is 12.5. The molecule has 2 aliphatic heterocycles. The average molecular weight is 402 g/mol. The zero-order valence-corrected chi connectivity index (χ0v) is 17.4. The Labute approximate surface area is 170 Å². The van der Waals surface area contributed by atoms with E-state index in [1.165, 1.54) is 43.5 Å². The summed E-state index contributed by atoms with van der Waals surface area (Å²) in [6.45, 7) is 8.01. The number of rotatable bonds is 5. The molecule has 1 aromatic carbocycles. The highest BCUT2D eigenvalue weighted by atomic mass is 35.5. The fourth-order valence-electron chi connectivity index (χ4n) is 3.78. The van der Waals surface area contributed by atoms with Gasteiger partial charge in [0.05, 0.1) is 5.41 Å². The Hall–Kier alpha value is -0.810. The SMILES string of the molecule is CC1(C(=O)NCc2ccc(CN3CCCCC3)cc2)CCCNC1.Cl.Cl. The summed E-state index contributed by atoms with van der Waals surface area (Å²) in [5.74, 6) is 0.173. The van der Waals surface area contributed by atoms with E-state index in [0.717, 1.165) is 32.5 Å². The molecule has 2 saturated heterocycles. The van der Waals surface area contributed by atoms with Gasteiger partial charge in [-0.05, 0) is 63.4 Å². The van der Waals surface area contributed by atoms with Crippen molar-refractivity contribution in [3.8, 4) is 0 Å². The molecule has 4 nitrogen and oxygen atoms in total. The molecule has 0 aliphatic carbocycles. The molecule has 0 saturated carbocycles. The predicted molar refractivity (Wildman–Crippen MR) is 112 cm³/mol. The number of benzene rings is 1. The van der Waals surface area contributed by atoms with Crippen LogP contribution in [0.5, 0.6) is 0 Å². The molecule has 2 N–H and O–H groups in total. The Morgan fingerprint density at radius 1 is 1.08 bits per heavy atom. The molecule has 1 aromatic rings. The van der Waals surface area contributed by atoms with Gasteiger partial charge in [-0.1, -0.05) is 30.7 Å². The van der Waals surface area contributed by atoms with Crippen molar-refractivity contribution in [2.45, 2.75) is 52.1 Å². The first kappa shape index (κ1) is 23.2. The summed E-state index contributed by atoms with van der Waals surface area (Å²) < 4.78 is 0. The molecule has 2 aliphatic rings. The molecule has 0 bridgehead atoms. The number of halogens is 2. The van der Waals surface area contributed by atoms with Gasteiger partial charge in [-0.3, -0.25) is 9.69 Å². The third-order valence-corrected chi connectivity index (χ3v) is 5.48. The molecule has 26 heavy (non-hydrogen) atoms. The predicted octanol–water partition coefficient (Wildman–Crippen LogP) is 3.52. The summed E-state index contributed by atoms with van der Waals surface area (Å²) in [5.41, 5.74) is 2.29. The van der Waals surface area contributed by atoms with Crippen LogP contribution in [0.3, 0.4) is 0 Å². The summed E-state index contributed by atoms with van der Waals surface area (Å²) in [6.07, 6.45) is 6.09. The van der Waals surface area contributed by atoms with E-state index in [2.05, 4.69) is 46.7 Å². The number of hydrogen-bond acceptors (Lipinski definition) is 3. The van der Waals surface area contributed by atoms with E-state index in [1.54, 1.807) is 0 Å². The fourth-order valence-corrected chi connectivity index (χ4v) is 3.78. The molecule has 0 radical (unpaired) electrons. The van der Waals surface area contributed by atoms with E-state index < -0.39 is 0 Å². The van der Waals surface area contributed by atoms with Crippen LogP contribution in [-0.4, -0.2) is 37.0 Å². The lowest BCUT2D eigenvalue weighted by Crippen LogP contribution is -2.48. The quantitative estimate of drug-likeness (QED) is 0.792. The van der Waals surface area contributed by atoms with Crippen molar-refractivity contribution in [1.82, 2.24) is 15.5 Å². The Morgan fingerprint density at radius 2 is 1.73 bits per heavy atom. The molecule has 1 atom stereocenters. The first-order valence-electron chi connectivity index (χ1n) is 9.45. The Kier molecular flexibility index (Phi) is 9.94. The monoisotopic (exact) mass is 401 g/mol. The van der Waals surface area contributed by atoms with E-state index in [1.807, 2.05) is 0 Å². The summed E-state index contributed by atoms with van der Waals surface area (Å²) in [6, 6.07) is 8.72. The van der Waals surface area contributed by atoms with Crippen molar-refractivity contribution in [3.63, 3.8) is 0 Å². The van der Waals surface area contributed by atoms with Crippen LogP contribution in [-0.2, 0) is 17.9 Å². The van der Waals surface area contributed by atoms with Crippen LogP contribution >= 0.6 is 24.8 Å². The minimum absolute atomic E-state index is 0. The lowest BCUT2D eigenvalue weighted by molar-refractivity contribution is -0.131. The Balaban J connectivity index is 0.00000169. The van der Waals surface area contributed by atoms with E-state index in [0.29, 0.717) is 6.54 Å². The van der Waals surface area contributed by atoms with Crippen molar-refractivity contribution in [1.29, 1.82) is 0 Å². The summed E-state index contributed by atoms with van der Waals surface area (Å²) in [5, 5.41) is 6.46. The van der Waals surface area contributed by atoms with Crippen LogP contribution in [0.4, 0.5) is 0 Å². The van der Waals surface area contributed by atoms with Crippen molar-refractivity contribution in [2.24, 2.45) is 5.41 Å². The molecule has 0 spiro atoms. The molecule has 1 amide bonds. The number of piperidine rings is 2. The van der Waals surface area contributed by atoms with Crippen LogP contribution in [0.2, 0.25) is 0 Å². The largest absolute Gasteiger partial charge is 0.352 e. The summed E-state index contributed by atoms with van der Waals surface area (Å²) in [4.78, 5) is 15.0. The number of likely N-dealkylation sites (tertiary alicyclic amines) is 1. The second kappa shape index (κ2) is 11.1. The van der Waals surface area contributed by atoms with Crippen LogP contribution in [0, 0.1) is 5.41 Å². The highest BCUT2D eigenvalue weighted by Gasteiger charge is 2.34. The van der Waals surface area contributed by atoms with E-state index in [4.69, 9.17) is 0 Å². The minimum atomic E-state index is -0.257. The Bertz CT molecular complexity index is 538. The topological polar surface area (TPSA) is 44.4 Å². The third-order valence-electron chi connectivity index (χ3n) is 5.48. The second-order valence-electron chi connectivity index (χ2n) is 7.68. The molecule has 3 rings (SSSR count). The number of carbonyl (C=O) groups is 1. The van der Waals surface area contributed by atoms with Gasteiger partial charge in [0.2, 0.25) is 5.91 Å². The van der Waals surface area contributed by atoms with Gasteiger partial charge in [-0.2, -0.15) is 0 Å². The highest BCUT2D eigenvalue weighted by molar-refractivity contribution is 5.85. The van der Waals surface area contributed by atoms with Crippen molar-refractivity contribution >= 4 is 30.7 Å². The van der Waals surface area contributed by atoms with Gasteiger partial charge in [0.1, 0.15) is 0 Å². The van der Waals surface area contributed by atoms with Gasteiger partial charge in [0.25, 0.3) is 0 Å². The molecular weight excluding hydrogens is 369 g/mol. The number of hydrogen-bond donors (Lipinski definition) is 2. The average Bonchev–Trinajstić information content (AvgIpc) is 2.62. The second-order valence-corrected chi connectivity index (χ2v) is 7.68. The van der Waals surface area contributed by atoms with E-state index >= 15 is 0 Å². The van der Waals surface area contributed by atoms with Gasteiger partial charge in [-0.15, -0.1) is 24.8 Å². The number of nitrogens with one attached hydrogen (secondary N) is 2. The van der Waals surface area contributed by atoms with Gasteiger partial charge < -0.3 is 10.6 Å². The molecule has 2 heterocycles. The van der Waals surface area contributed by atoms with Crippen molar-refractivity contribution in [3.05, 3.63) is 35.4 Å². The number of amides is 1. The lowest BCUT2D eigenvalue weighted by Gasteiger charge is -2.32. The van der Waals surface area contributed by atoms with Crippen molar-refractivity contribution in [2.75, 3.05) is 26.2 Å². The molecule has 1 unspecified atom stereocenters. The molecule has 0 aromatic heterocycles. The summed E-state index contributed by atoms with van der Waals surface area (Å²) >= 11 is 0. The van der Waals surface area contributed by atoms with Crippen molar-refractivity contribution < 1.29 is 4.79 Å². The zero-order chi connectivity index (χ0) is 16.8. The lowest BCUT2D eigenvalue weighted by atomic mass is 9.82. The zero-order valence-electron chi connectivity index (χ0n) is 15.8. The molecule has 6 heteroatoms. The van der Waals surface area contributed by atoms with Gasteiger partial charge in [0, 0.05) is 19.6 Å². The van der Waals surface area contributed by atoms with Gasteiger partial charge in [0.15, 0.2) is 0 Å². The maximum Gasteiger partial charge on any atom is 0.227 e. The smallest absolute Gasteiger partial charge is 0.227 e. The molecular formula is C20H33Cl2N3O. The van der Waals surface area contributed by atoms with E-state index in [-0.39, 0.29) is 36.1 Å². The first-order chi connectivity index (χ1) is 11.7. The number of nitrogens with zero attached hydrogens (tertiary/aromatic N) is 1. The highest BCUT2D eigenvalue weighted by Crippen LogP contribution is 2.25. The van der Waals surface area contributed by atoms with Crippen LogP contribution in [0.1, 0.15) is 50.2 Å². The third kappa shape index (κ3) is 6.41. The minimum Gasteiger partial charge on any atom is -0.352 e. The Morgan fingerprint density at radius 3 is 2.35 bits per heavy atom. The van der Waals surface area contributed by atoms with Crippen LogP contribution in [0.15, 0.2) is 24.3 Å².